The predicted molar refractivity (Wildman–Crippen MR) is 55.3 cm³/mol. The van der Waals surface area contributed by atoms with Gasteiger partial charge in [-0.3, -0.25) is 9.36 Å². The molecule has 0 fully saturated rings. The van der Waals surface area contributed by atoms with Crippen LogP contribution in [-0.2, 0) is 18.4 Å². The summed E-state index contributed by atoms with van der Waals surface area (Å²) in [7, 11) is 3.16. The Hall–Kier alpha value is -2.10. The smallest absolute Gasteiger partial charge is 0.343 e. The van der Waals surface area contributed by atoms with Crippen molar-refractivity contribution in [1.82, 2.24) is 19.2 Å². The number of rotatable bonds is 4. The molecule has 0 unspecified atom stereocenters. The molecule has 1 aromatic heterocycles. The lowest BCUT2D eigenvalue weighted by Gasteiger charge is -2.14. The zero-order valence-electron chi connectivity index (χ0n) is 9.25. The summed E-state index contributed by atoms with van der Waals surface area (Å²) in [6.07, 6.45) is 1.63. The fourth-order valence-corrected chi connectivity index (χ4v) is 1.12. The van der Waals surface area contributed by atoms with E-state index in [0.717, 1.165) is 4.68 Å². The summed E-state index contributed by atoms with van der Waals surface area (Å²) >= 11 is 0. The Labute approximate surface area is 92.5 Å². The van der Waals surface area contributed by atoms with E-state index in [9.17, 15) is 9.59 Å². The van der Waals surface area contributed by atoms with E-state index in [0.29, 0.717) is 6.54 Å². The lowest BCUT2D eigenvalue weighted by Crippen LogP contribution is -2.35. The Kier molecular flexibility index (Phi) is 3.83. The first-order valence-electron chi connectivity index (χ1n) is 4.75. The highest BCUT2D eigenvalue weighted by Crippen LogP contribution is 1.90. The van der Waals surface area contributed by atoms with Gasteiger partial charge < -0.3 is 4.90 Å². The van der Waals surface area contributed by atoms with Crippen molar-refractivity contribution < 1.29 is 4.79 Å². The molecule has 16 heavy (non-hydrogen) atoms. The topological polar surface area (TPSA) is 83.9 Å². The van der Waals surface area contributed by atoms with Crippen LogP contribution in [0.15, 0.2) is 11.1 Å². The summed E-state index contributed by atoms with van der Waals surface area (Å²) in [4.78, 5) is 24.4. The average molecular weight is 223 g/mol. The van der Waals surface area contributed by atoms with Crippen molar-refractivity contribution in [2.24, 2.45) is 7.05 Å². The molecule has 7 heteroatoms. The number of amides is 1. The molecule has 0 N–H and O–H groups in total. The van der Waals surface area contributed by atoms with Crippen molar-refractivity contribution in [2.45, 2.75) is 13.0 Å². The molecule has 0 radical (unpaired) electrons. The zero-order valence-corrected chi connectivity index (χ0v) is 9.25. The van der Waals surface area contributed by atoms with Crippen LogP contribution < -0.4 is 5.69 Å². The molecule has 0 saturated carbocycles. The van der Waals surface area contributed by atoms with Crippen LogP contribution in [0, 0.1) is 11.3 Å². The van der Waals surface area contributed by atoms with Gasteiger partial charge in [-0.05, 0) is 0 Å². The largest absolute Gasteiger partial charge is 0.345 e. The van der Waals surface area contributed by atoms with Crippen molar-refractivity contribution in [3.63, 3.8) is 0 Å². The highest BCUT2D eigenvalue weighted by atomic mass is 16.2. The molecule has 1 amide bonds. The Morgan fingerprint density at radius 3 is 2.88 bits per heavy atom. The fraction of sp³-hybridized carbons (Fsp3) is 0.556. The second kappa shape index (κ2) is 5.11. The van der Waals surface area contributed by atoms with Crippen LogP contribution in [0.3, 0.4) is 0 Å². The van der Waals surface area contributed by atoms with Crippen molar-refractivity contribution >= 4 is 5.91 Å². The van der Waals surface area contributed by atoms with Crippen LogP contribution in [0.1, 0.15) is 6.42 Å². The molecule has 0 atom stereocenters. The van der Waals surface area contributed by atoms with Crippen molar-refractivity contribution in [3.05, 3.63) is 16.8 Å². The van der Waals surface area contributed by atoms with Crippen LogP contribution in [0.5, 0.6) is 0 Å². The van der Waals surface area contributed by atoms with E-state index in [1.807, 2.05) is 6.07 Å². The average Bonchev–Trinajstić information content (AvgIpc) is 2.57. The van der Waals surface area contributed by atoms with Gasteiger partial charge in [0.1, 0.15) is 12.9 Å². The number of aromatic nitrogens is 3. The van der Waals surface area contributed by atoms with Crippen LogP contribution in [-0.4, -0.2) is 38.7 Å². The number of likely N-dealkylation sites (N-methyl/N-ethyl adjacent to an activating group) is 1. The monoisotopic (exact) mass is 223 g/mol. The highest BCUT2D eigenvalue weighted by molar-refractivity contribution is 5.75. The summed E-state index contributed by atoms with van der Waals surface area (Å²) in [5.41, 5.74) is -0.331. The highest BCUT2D eigenvalue weighted by Gasteiger charge is 2.11. The molecule has 0 aliphatic heterocycles. The van der Waals surface area contributed by atoms with E-state index in [1.54, 1.807) is 14.1 Å². The Morgan fingerprint density at radius 1 is 1.69 bits per heavy atom. The molecule has 1 aromatic rings. The van der Waals surface area contributed by atoms with Gasteiger partial charge in [0, 0.05) is 20.6 Å². The number of carbonyl (C=O) groups excluding carboxylic acids is 1. The first kappa shape index (κ1) is 12.0. The van der Waals surface area contributed by atoms with Gasteiger partial charge >= 0.3 is 5.69 Å². The number of carbonyl (C=O) groups is 1. The van der Waals surface area contributed by atoms with Gasteiger partial charge in [-0.15, -0.1) is 0 Å². The molecular weight excluding hydrogens is 210 g/mol. The van der Waals surface area contributed by atoms with E-state index in [-0.39, 0.29) is 24.6 Å². The number of hydrogen-bond acceptors (Lipinski definition) is 4. The van der Waals surface area contributed by atoms with Crippen LogP contribution in [0.2, 0.25) is 0 Å². The van der Waals surface area contributed by atoms with Gasteiger partial charge in [0.25, 0.3) is 0 Å². The van der Waals surface area contributed by atoms with Crippen molar-refractivity contribution in [1.29, 1.82) is 5.26 Å². The van der Waals surface area contributed by atoms with Crippen LogP contribution >= 0.6 is 0 Å². The SMILES string of the molecule is CN(CCC#N)C(=O)Cn1ncn(C)c1=O. The quantitative estimate of drug-likeness (QED) is 0.652. The first-order valence-corrected chi connectivity index (χ1v) is 4.75. The van der Waals surface area contributed by atoms with Crippen molar-refractivity contribution in [2.75, 3.05) is 13.6 Å². The molecule has 0 aliphatic carbocycles. The molecule has 86 valence electrons. The Morgan fingerprint density at radius 2 is 2.38 bits per heavy atom. The summed E-state index contributed by atoms with van der Waals surface area (Å²) in [6, 6.07) is 1.95. The van der Waals surface area contributed by atoms with Gasteiger partial charge in [0.15, 0.2) is 0 Å². The maximum atomic E-state index is 11.6. The third-order valence-corrected chi connectivity index (χ3v) is 2.16. The number of aryl methyl sites for hydroxylation is 1. The van der Waals surface area contributed by atoms with Crippen LogP contribution in [0.25, 0.3) is 0 Å². The number of nitrogens with zero attached hydrogens (tertiary/aromatic N) is 5. The normalized spacial score (nSPS) is 9.81. The third kappa shape index (κ3) is 2.70. The van der Waals surface area contributed by atoms with Gasteiger partial charge in [-0.1, -0.05) is 0 Å². The summed E-state index contributed by atoms with van der Waals surface area (Å²) in [5.74, 6) is -0.240. The maximum Gasteiger partial charge on any atom is 0.345 e. The van der Waals surface area contributed by atoms with Crippen LogP contribution in [0.4, 0.5) is 0 Å². The Balaban J connectivity index is 2.62. The lowest BCUT2D eigenvalue weighted by atomic mass is 10.4. The minimum atomic E-state index is -0.331. The molecule has 0 aliphatic rings. The third-order valence-electron chi connectivity index (χ3n) is 2.16. The fourth-order valence-electron chi connectivity index (χ4n) is 1.12. The summed E-state index contributed by atoms with van der Waals surface area (Å²) in [6.45, 7) is 0.262. The minimum absolute atomic E-state index is 0.0956. The molecular formula is C9H13N5O2. The summed E-state index contributed by atoms with van der Waals surface area (Å²) < 4.78 is 2.38. The Bertz CT molecular complexity index is 467. The van der Waals surface area contributed by atoms with Gasteiger partial charge in [0.05, 0.1) is 12.5 Å². The van der Waals surface area contributed by atoms with E-state index in [1.165, 1.54) is 15.8 Å². The van der Waals surface area contributed by atoms with Crippen molar-refractivity contribution in [3.8, 4) is 6.07 Å². The van der Waals surface area contributed by atoms with Gasteiger partial charge in [0.2, 0.25) is 5.91 Å². The van der Waals surface area contributed by atoms with Gasteiger partial charge in [-0.2, -0.15) is 10.4 Å². The second-order valence-corrected chi connectivity index (χ2v) is 3.41. The van der Waals surface area contributed by atoms with E-state index in [2.05, 4.69) is 5.10 Å². The summed E-state index contributed by atoms with van der Waals surface area (Å²) in [5, 5.41) is 12.1. The molecule has 1 heterocycles. The first-order chi connectivity index (χ1) is 7.56. The minimum Gasteiger partial charge on any atom is -0.343 e. The molecule has 0 saturated heterocycles. The van der Waals surface area contributed by atoms with Gasteiger partial charge in [-0.25, -0.2) is 9.48 Å². The number of hydrogen-bond donors (Lipinski definition) is 0. The predicted octanol–water partition coefficient (Wildman–Crippen LogP) is -1.05. The standard InChI is InChI=1S/C9H13N5O2/c1-12(5-3-4-10)8(15)6-14-9(16)13(2)7-11-14/h7H,3,5-6H2,1-2H3. The molecule has 0 bridgehead atoms. The molecule has 0 spiro atoms. The lowest BCUT2D eigenvalue weighted by molar-refractivity contribution is -0.130. The molecule has 1 rings (SSSR count). The van der Waals surface area contributed by atoms with E-state index in [4.69, 9.17) is 5.26 Å². The van der Waals surface area contributed by atoms with E-state index < -0.39 is 0 Å². The zero-order chi connectivity index (χ0) is 12.1. The molecule has 7 nitrogen and oxygen atoms in total. The second-order valence-electron chi connectivity index (χ2n) is 3.41. The maximum absolute atomic E-state index is 11.6. The molecule has 0 aromatic carbocycles. The van der Waals surface area contributed by atoms with E-state index >= 15 is 0 Å². The number of nitriles is 1.